The first-order valence-corrected chi connectivity index (χ1v) is 11.5. The van der Waals surface area contributed by atoms with Crippen LogP contribution in [0.3, 0.4) is 0 Å². The average Bonchev–Trinajstić information content (AvgIpc) is 3.02. The molecular formula is C29H30N2O3. The Balaban J connectivity index is 1.84. The highest BCUT2D eigenvalue weighted by atomic mass is 16.5. The molecule has 1 heterocycles. The molecule has 2 amide bonds. The topological polar surface area (TPSA) is 58.6 Å². The van der Waals surface area contributed by atoms with Crippen molar-refractivity contribution >= 4 is 28.8 Å². The first-order chi connectivity index (χ1) is 16.2. The molecule has 1 N–H and O–H groups in total. The minimum absolute atomic E-state index is 0.0427. The number of carbonyl (C=O) groups is 2. The number of benzene rings is 3. The maximum atomic E-state index is 13.8. The molecule has 0 saturated heterocycles. The second-order valence-electron chi connectivity index (χ2n) is 9.12. The summed E-state index contributed by atoms with van der Waals surface area (Å²) in [6.07, 6.45) is 0.0427. The summed E-state index contributed by atoms with van der Waals surface area (Å²) in [6, 6.07) is 19.1. The Morgan fingerprint density at radius 3 is 2.03 bits per heavy atom. The third kappa shape index (κ3) is 4.46. The van der Waals surface area contributed by atoms with Crippen LogP contribution in [0.25, 0.3) is 5.57 Å². The number of carbonyl (C=O) groups excluding carboxylic acids is 2. The lowest BCUT2D eigenvalue weighted by molar-refractivity contribution is -0.120. The number of nitrogens with zero attached hydrogens (tertiary/aromatic N) is 1. The molecule has 34 heavy (non-hydrogen) atoms. The maximum Gasteiger partial charge on any atom is 0.282 e. The van der Waals surface area contributed by atoms with E-state index in [1.807, 2.05) is 102 Å². The van der Waals surface area contributed by atoms with Crippen LogP contribution in [0.4, 0.5) is 11.4 Å². The second-order valence-corrected chi connectivity index (χ2v) is 9.12. The molecule has 0 atom stereocenters. The van der Waals surface area contributed by atoms with Crippen LogP contribution in [0.5, 0.6) is 5.75 Å². The maximum absolute atomic E-state index is 13.8. The van der Waals surface area contributed by atoms with Gasteiger partial charge in [-0.3, -0.25) is 9.59 Å². The zero-order valence-electron chi connectivity index (χ0n) is 20.5. The van der Waals surface area contributed by atoms with E-state index in [2.05, 4.69) is 5.32 Å². The van der Waals surface area contributed by atoms with E-state index in [1.165, 1.54) is 4.90 Å². The second kappa shape index (κ2) is 9.18. The number of aryl methyl sites for hydroxylation is 4. The number of hydrogen-bond acceptors (Lipinski definition) is 4. The molecule has 0 aliphatic carbocycles. The molecule has 0 radical (unpaired) electrons. The SMILES string of the molecule is Cc1ccc(C)c(NC2=C(c3ccc(OC(C)C)cc3)C(=O)N(c3cc(C)ccc3C)C2=O)c1. The summed E-state index contributed by atoms with van der Waals surface area (Å²) in [5, 5.41) is 3.30. The Morgan fingerprint density at radius 2 is 1.38 bits per heavy atom. The minimum atomic E-state index is -0.364. The summed E-state index contributed by atoms with van der Waals surface area (Å²) in [6.45, 7) is 11.8. The van der Waals surface area contributed by atoms with Crippen molar-refractivity contribution in [3.05, 3.63) is 94.2 Å². The van der Waals surface area contributed by atoms with Gasteiger partial charge in [-0.05, 0) is 93.6 Å². The number of anilines is 2. The fraction of sp³-hybridized carbons (Fsp3) is 0.241. The summed E-state index contributed by atoms with van der Waals surface area (Å²) in [5.74, 6) is 0.00712. The summed E-state index contributed by atoms with van der Waals surface area (Å²) < 4.78 is 5.76. The normalized spacial score (nSPS) is 13.8. The van der Waals surface area contributed by atoms with Crippen LogP contribution in [0.2, 0.25) is 0 Å². The highest BCUT2D eigenvalue weighted by Crippen LogP contribution is 2.36. The summed E-state index contributed by atoms with van der Waals surface area (Å²) >= 11 is 0. The van der Waals surface area contributed by atoms with Crippen molar-refractivity contribution in [2.75, 3.05) is 10.2 Å². The lowest BCUT2D eigenvalue weighted by Crippen LogP contribution is -2.33. The van der Waals surface area contributed by atoms with Crippen LogP contribution in [0.1, 0.15) is 41.7 Å². The van der Waals surface area contributed by atoms with Gasteiger partial charge in [0.15, 0.2) is 0 Å². The van der Waals surface area contributed by atoms with Gasteiger partial charge in [-0.1, -0.05) is 36.4 Å². The van der Waals surface area contributed by atoms with Crippen molar-refractivity contribution in [1.82, 2.24) is 0 Å². The predicted octanol–water partition coefficient (Wildman–Crippen LogP) is 6.10. The molecule has 174 valence electrons. The third-order valence-electron chi connectivity index (χ3n) is 5.86. The molecule has 1 aliphatic heterocycles. The smallest absolute Gasteiger partial charge is 0.282 e. The van der Waals surface area contributed by atoms with Gasteiger partial charge in [0, 0.05) is 5.69 Å². The zero-order chi connectivity index (χ0) is 24.6. The first kappa shape index (κ1) is 23.3. The van der Waals surface area contributed by atoms with Crippen LogP contribution in [0, 0.1) is 27.7 Å². The van der Waals surface area contributed by atoms with Gasteiger partial charge in [0.25, 0.3) is 11.8 Å². The van der Waals surface area contributed by atoms with Crippen molar-refractivity contribution in [3.8, 4) is 5.75 Å². The van der Waals surface area contributed by atoms with Crippen molar-refractivity contribution in [2.45, 2.75) is 47.6 Å². The molecule has 0 saturated carbocycles. The van der Waals surface area contributed by atoms with E-state index < -0.39 is 0 Å². The molecule has 0 bridgehead atoms. The molecule has 0 unspecified atom stereocenters. The molecule has 0 spiro atoms. The number of amides is 2. The quantitative estimate of drug-likeness (QED) is 0.457. The fourth-order valence-corrected chi connectivity index (χ4v) is 4.07. The number of rotatable bonds is 6. The van der Waals surface area contributed by atoms with Crippen molar-refractivity contribution < 1.29 is 14.3 Å². The van der Waals surface area contributed by atoms with Gasteiger partial charge in [-0.15, -0.1) is 0 Å². The number of ether oxygens (including phenoxy) is 1. The summed E-state index contributed by atoms with van der Waals surface area (Å²) in [7, 11) is 0. The van der Waals surface area contributed by atoms with Gasteiger partial charge in [0.05, 0.1) is 17.4 Å². The third-order valence-corrected chi connectivity index (χ3v) is 5.86. The Labute approximate surface area is 201 Å². The summed E-state index contributed by atoms with van der Waals surface area (Å²) in [5.41, 5.74) is 6.59. The number of nitrogens with one attached hydrogen (secondary N) is 1. The van der Waals surface area contributed by atoms with Crippen molar-refractivity contribution in [1.29, 1.82) is 0 Å². The van der Waals surface area contributed by atoms with Crippen LogP contribution >= 0.6 is 0 Å². The van der Waals surface area contributed by atoms with Gasteiger partial charge in [-0.25, -0.2) is 4.90 Å². The largest absolute Gasteiger partial charge is 0.491 e. The van der Waals surface area contributed by atoms with Crippen LogP contribution < -0.4 is 15.0 Å². The Kier molecular flexibility index (Phi) is 6.29. The minimum Gasteiger partial charge on any atom is -0.491 e. The highest BCUT2D eigenvalue weighted by Gasteiger charge is 2.41. The Bertz CT molecular complexity index is 1300. The van der Waals surface area contributed by atoms with Crippen molar-refractivity contribution in [2.24, 2.45) is 0 Å². The molecule has 3 aromatic carbocycles. The van der Waals surface area contributed by atoms with Gasteiger partial charge in [-0.2, -0.15) is 0 Å². The average molecular weight is 455 g/mol. The standard InChI is InChI=1S/C29H30N2O3/c1-17(2)34-23-13-11-22(12-14-23)26-27(30-24-15-18(3)7-9-20(24)5)29(33)31(28(26)32)25-16-19(4)8-10-21(25)6/h7-17,30H,1-6H3. The zero-order valence-corrected chi connectivity index (χ0v) is 20.5. The van der Waals surface area contributed by atoms with E-state index in [0.717, 1.165) is 27.9 Å². The lowest BCUT2D eigenvalue weighted by Gasteiger charge is -2.19. The van der Waals surface area contributed by atoms with Gasteiger partial charge >= 0.3 is 0 Å². The predicted molar refractivity (Wildman–Crippen MR) is 137 cm³/mol. The van der Waals surface area contributed by atoms with Gasteiger partial charge < -0.3 is 10.1 Å². The molecule has 0 fully saturated rings. The Morgan fingerprint density at radius 1 is 0.765 bits per heavy atom. The Hall–Kier alpha value is -3.86. The van der Waals surface area contributed by atoms with E-state index in [1.54, 1.807) is 0 Å². The fourth-order valence-electron chi connectivity index (χ4n) is 4.07. The first-order valence-electron chi connectivity index (χ1n) is 11.5. The van der Waals surface area contributed by atoms with E-state index in [4.69, 9.17) is 4.74 Å². The van der Waals surface area contributed by atoms with Gasteiger partial charge in [0.1, 0.15) is 11.4 Å². The van der Waals surface area contributed by atoms with E-state index in [-0.39, 0.29) is 23.6 Å². The molecule has 1 aliphatic rings. The van der Waals surface area contributed by atoms with Crippen LogP contribution in [0.15, 0.2) is 66.4 Å². The van der Waals surface area contributed by atoms with Crippen LogP contribution in [-0.2, 0) is 9.59 Å². The van der Waals surface area contributed by atoms with Crippen molar-refractivity contribution in [3.63, 3.8) is 0 Å². The monoisotopic (exact) mass is 454 g/mol. The van der Waals surface area contributed by atoms with Crippen LogP contribution in [-0.4, -0.2) is 17.9 Å². The van der Waals surface area contributed by atoms with Gasteiger partial charge in [0.2, 0.25) is 0 Å². The molecule has 0 aromatic heterocycles. The number of imide groups is 1. The van der Waals surface area contributed by atoms with E-state index in [0.29, 0.717) is 22.6 Å². The van der Waals surface area contributed by atoms with E-state index in [9.17, 15) is 9.59 Å². The summed E-state index contributed by atoms with van der Waals surface area (Å²) in [4.78, 5) is 28.8. The molecular weight excluding hydrogens is 424 g/mol. The molecule has 4 rings (SSSR count). The number of hydrogen-bond donors (Lipinski definition) is 1. The molecule has 5 heteroatoms. The lowest BCUT2D eigenvalue weighted by atomic mass is 10.0. The van der Waals surface area contributed by atoms with E-state index >= 15 is 0 Å². The molecule has 3 aromatic rings. The highest BCUT2D eigenvalue weighted by molar-refractivity contribution is 6.46. The molecule has 5 nitrogen and oxygen atoms in total.